The topological polar surface area (TPSA) is 52.0 Å². The van der Waals surface area contributed by atoms with E-state index in [1.807, 2.05) is 6.92 Å². The molecule has 1 aromatic heterocycles. The number of carbonyl (C=O) groups excluding carboxylic acids is 1. The SMILES string of the molecule is C/C1=C/CC[C@]23O[C@H]2[C@@H](OC3=O)c2c(C)coc2C1. The summed E-state index contributed by atoms with van der Waals surface area (Å²) >= 11 is 0. The van der Waals surface area contributed by atoms with Crippen LogP contribution < -0.4 is 0 Å². The van der Waals surface area contributed by atoms with Crippen molar-refractivity contribution in [1.29, 1.82) is 0 Å². The predicted octanol–water partition coefficient (Wildman–Crippen LogP) is 2.61. The Balaban J connectivity index is 1.85. The van der Waals surface area contributed by atoms with Gasteiger partial charge in [0.1, 0.15) is 11.9 Å². The van der Waals surface area contributed by atoms with Gasteiger partial charge in [0.05, 0.1) is 6.26 Å². The van der Waals surface area contributed by atoms with E-state index in [2.05, 4.69) is 13.0 Å². The predicted molar refractivity (Wildman–Crippen MR) is 66.6 cm³/mol. The smallest absolute Gasteiger partial charge is 0.342 e. The fraction of sp³-hybridized carbons (Fsp3) is 0.533. The Labute approximate surface area is 111 Å². The molecule has 0 amide bonds. The van der Waals surface area contributed by atoms with Crippen LogP contribution in [0.1, 0.15) is 42.8 Å². The van der Waals surface area contributed by atoms with Crippen molar-refractivity contribution >= 4 is 5.97 Å². The summed E-state index contributed by atoms with van der Waals surface area (Å²) < 4.78 is 16.9. The van der Waals surface area contributed by atoms with Crippen molar-refractivity contribution in [3.63, 3.8) is 0 Å². The van der Waals surface area contributed by atoms with Crippen LogP contribution >= 0.6 is 0 Å². The number of furan rings is 1. The first-order chi connectivity index (χ1) is 9.12. The molecule has 4 rings (SSSR count). The van der Waals surface area contributed by atoms with Crippen molar-refractivity contribution in [2.24, 2.45) is 0 Å². The first kappa shape index (κ1) is 11.3. The van der Waals surface area contributed by atoms with Crippen LogP contribution in [0.4, 0.5) is 0 Å². The van der Waals surface area contributed by atoms with Crippen molar-refractivity contribution in [1.82, 2.24) is 0 Å². The minimum absolute atomic E-state index is 0.123. The van der Waals surface area contributed by atoms with E-state index < -0.39 is 5.60 Å². The molecule has 0 spiro atoms. The van der Waals surface area contributed by atoms with Gasteiger partial charge in [0.25, 0.3) is 0 Å². The fourth-order valence-electron chi connectivity index (χ4n) is 3.34. The van der Waals surface area contributed by atoms with Gasteiger partial charge in [0.15, 0.2) is 11.7 Å². The van der Waals surface area contributed by atoms with Gasteiger partial charge in [-0.25, -0.2) is 4.79 Å². The van der Waals surface area contributed by atoms with E-state index in [9.17, 15) is 4.79 Å². The van der Waals surface area contributed by atoms with Gasteiger partial charge in [0, 0.05) is 12.0 Å². The Bertz CT molecular complexity index is 597. The molecular weight excluding hydrogens is 244 g/mol. The zero-order valence-electron chi connectivity index (χ0n) is 11.1. The summed E-state index contributed by atoms with van der Waals surface area (Å²) in [7, 11) is 0. The number of allylic oxidation sites excluding steroid dienone is 2. The second-order valence-electron chi connectivity index (χ2n) is 5.78. The molecule has 4 nitrogen and oxygen atoms in total. The van der Waals surface area contributed by atoms with Gasteiger partial charge in [-0.05, 0) is 32.3 Å². The van der Waals surface area contributed by atoms with Crippen molar-refractivity contribution in [2.75, 3.05) is 0 Å². The van der Waals surface area contributed by atoms with Crippen molar-refractivity contribution in [3.05, 3.63) is 34.8 Å². The lowest BCUT2D eigenvalue weighted by Crippen LogP contribution is -2.22. The largest absolute Gasteiger partial charge is 0.468 e. The molecule has 0 aromatic carbocycles. The number of esters is 1. The third-order valence-electron chi connectivity index (χ3n) is 4.43. The van der Waals surface area contributed by atoms with Gasteiger partial charge in [0.2, 0.25) is 0 Å². The third kappa shape index (κ3) is 1.40. The molecule has 3 aliphatic rings. The Morgan fingerprint density at radius 3 is 3.00 bits per heavy atom. The molecule has 0 radical (unpaired) electrons. The lowest BCUT2D eigenvalue weighted by Gasteiger charge is -2.13. The minimum Gasteiger partial charge on any atom is -0.468 e. The van der Waals surface area contributed by atoms with Gasteiger partial charge < -0.3 is 13.9 Å². The number of epoxide rings is 1. The Morgan fingerprint density at radius 2 is 2.21 bits per heavy atom. The van der Waals surface area contributed by atoms with Crippen molar-refractivity contribution < 1.29 is 18.7 Å². The van der Waals surface area contributed by atoms with Crippen LogP contribution in [0.3, 0.4) is 0 Å². The lowest BCUT2D eigenvalue weighted by atomic mass is 9.91. The summed E-state index contributed by atoms with van der Waals surface area (Å²) in [5.74, 6) is 0.694. The molecule has 0 N–H and O–H groups in total. The lowest BCUT2D eigenvalue weighted by molar-refractivity contribution is -0.154. The Morgan fingerprint density at radius 1 is 1.37 bits per heavy atom. The summed E-state index contributed by atoms with van der Waals surface area (Å²) in [6, 6.07) is 0. The molecule has 0 saturated carbocycles. The van der Waals surface area contributed by atoms with E-state index in [0.717, 1.165) is 36.1 Å². The molecule has 4 heteroatoms. The minimum atomic E-state index is -0.681. The van der Waals surface area contributed by atoms with Gasteiger partial charge in [-0.2, -0.15) is 0 Å². The summed E-state index contributed by atoms with van der Waals surface area (Å²) in [5, 5.41) is 0. The highest BCUT2D eigenvalue weighted by atomic mass is 16.7. The number of carbonyl (C=O) groups is 1. The second kappa shape index (κ2) is 3.51. The third-order valence-corrected chi connectivity index (χ3v) is 4.43. The van der Waals surface area contributed by atoms with Gasteiger partial charge in [-0.3, -0.25) is 0 Å². The van der Waals surface area contributed by atoms with E-state index in [-0.39, 0.29) is 18.2 Å². The van der Waals surface area contributed by atoms with E-state index >= 15 is 0 Å². The van der Waals surface area contributed by atoms with E-state index in [0.29, 0.717) is 0 Å². The standard InChI is InChI=1S/C15H16O4/c1-8-4-3-5-15-13(19-15)12(18-14(15)16)11-9(2)7-17-10(11)6-8/h4,7,12-13H,3,5-6H2,1-2H3/b8-4-/t12-,13-,15-/m0/s1. The first-order valence-electron chi connectivity index (χ1n) is 6.73. The van der Waals surface area contributed by atoms with E-state index in [1.165, 1.54) is 5.57 Å². The summed E-state index contributed by atoms with van der Waals surface area (Å²) in [6.45, 7) is 4.08. The molecule has 0 unspecified atom stereocenters. The number of ether oxygens (including phenoxy) is 2. The average Bonchev–Trinajstić information content (AvgIpc) is 2.91. The summed E-state index contributed by atoms with van der Waals surface area (Å²) in [4.78, 5) is 12.1. The number of rotatable bonds is 0. The zero-order chi connectivity index (χ0) is 13.2. The number of hydrogen-bond donors (Lipinski definition) is 0. The van der Waals surface area contributed by atoms with Crippen LogP contribution in [0.25, 0.3) is 0 Å². The van der Waals surface area contributed by atoms with Crippen LogP contribution in [0.2, 0.25) is 0 Å². The van der Waals surface area contributed by atoms with E-state index in [4.69, 9.17) is 13.9 Å². The van der Waals surface area contributed by atoms with Crippen LogP contribution in [0.5, 0.6) is 0 Å². The average molecular weight is 260 g/mol. The molecule has 1 aliphatic carbocycles. The highest BCUT2D eigenvalue weighted by Gasteiger charge is 2.73. The monoisotopic (exact) mass is 260 g/mol. The molecule has 1 aromatic rings. The normalized spacial score (nSPS) is 38.8. The molecule has 2 saturated heterocycles. The molecule has 2 fully saturated rings. The number of aryl methyl sites for hydroxylation is 1. The molecule has 100 valence electrons. The molecule has 2 aliphatic heterocycles. The second-order valence-corrected chi connectivity index (χ2v) is 5.78. The molecule has 3 heterocycles. The van der Waals surface area contributed by atoms with Gasteiger partial charge in [-0.15, -0.1) is 0 Å². The van der Waals surface area contributed by atoms with Crippen LogP contribution in [0, 0.1) is 6.92 Å². The maximum atomic E-state index is 12.1. The number of fused-ring (bicyclic) bond motifs is 2. The van der Waals surface area contributed by atoms with Crippen molar-refractivity contribution in [2.45, 2.75) is 50.9 Å². The van der Waals surface area contributed by atoms with Crippen LogP contribution in [-0.4, -0.2) is 17.7 Å². The number of hydrogen-bond acceptors (Lipinski definition) is 4. The Hall–Kier alpha value is -1.55. The molecule has 19 heavy (non-hydrogen) atoms. The van der Waals surface area contributed by atoms with Gasteiger partial charge >= 0.3 is 5.97 Å². The highest BCUT2D eigenvalue weighted by Crippen LogP contribution is 2.57. The molecule has 3 atom stereocenters. The fourth-order valence-corrected chi connectivity index (χ4v) is 3.34. The zero-order valence-corrected chi connectivity index (χ0v) is 11.1. The first-order valence-corrected chi connectivity index (χ1v) is 6.73. The van der Waals surface area contributed by atoms with E-state index in [1.54, 1.807) is 6.26 Å². The molecular formula is C15H16O4. The van der Waals surface area contributed by atoms with Crippen LogP contribution in [-0.2, 0) is 20.7 Å². The maximum Gasteiger partial charge on any atom is 0.342 e. The Kier molecular flexibility index (Phi) is 2.09. The maximum absolute atomic E-state index is 12.1. The summed E-state index contributed by atoms with van der Waals surface area (Å²) in [5.41, 5.74) is 2.62. The van der Waals surface area contributed by atoms with Crippen LogP contribution in [0.15, 0.2) is 22.3 Å². The summed E-state index contributed by atoms with van der Waals surface area (Å²) in [6.07, 6.45) is 5.84. The highest BCUT2D eigenvalue weighted by molar-refractivity contribution is 5.87. The molecule has 2 bridgehead atoms. The quantitative estimate of drug-likeness (QED) is 0.409. The van der Waals surface area contributed by atoms with Crippen molar-refractivity contribution in [3.8, 4) is 0 Å². The van der Waals surface area contributed by atoms with Gasteiger partial charge in [-0.1, -0.05) is 11.6 Å².